The monoisotopic (exact) mass is 239 g/mol. The molecule has 0 radical (unpaired) electrons. The van der Waals surface area contributed by atoms with E-state index in [0.29, 0.717) is 0 Å². The minimum Gasteiger partial charge on any atom is -0.308 e. The zero-order valence-corrected chi connectivity index (χ0v) is 12.1. The average Bonchev–Trinajstić information content (AvgIpc) is 2.28. The minimum atomic E-state index is -0.345. The van der Waals surface area contributed by atoms with Gasteiger partial charge in [-0.3, -0.25) is 5.32 Å². The van der Waals surface area contributed by atoms with Gasteiger partial charge in [0.2, 0.25) is 0 Å². The fourth-order valence-electron chi connectivity index (χ4n) is 1.82. The van der Waals surface area contributed by atoms with Gasteiger partial charge in [0.25, 0.3) is 0 Å². The van der Waals surface area contributed by atoms with Crippen LogP contribution in [0.2, 0.25) is 0 Å². The summed E-state index contributed by atoms with van der Waals surface area (Å²) in [6.07, 6.45) is 7.25. The van der Waals surface area contributed by atoms with Crippen LogP contribution >= 0.6 is 0 Å². The molecule has 1 N–H and O–H groups in total. The third kappa shape index (κ3) is 9.14. The maximum absolute atomic E-state index is 9.23. The number of nitrogens with one attached hydrogen (secondary N) is 1. The van der Waals surface area contributed by atoms with E-state index in [-0.39, 0.29) is 5.54 Å². The van der Waals surface area contributed by atoms with E-state index in [2.05, 4.69) is 37.3 Å². The number of hydrogen-bond donors (Lipinski definition) is 1. The Kier molecular flexibility index (Phi) is 9.11. The second-order valence-corrected chi connectivity index (χ2v) is 5.34. The summed E-state index contributed by atoms with van der Waals surface area (Å²) in [6.45, 7) is 6.10. The van der Waals surface area contributed by atoms with Crippen LogP contribution in [0.3, 0.4) is 0 Å². The van der Waals surface area contributed by atoms with Crippen LogP contribution in [0.1, 0.15) is 52.4 Å². The Hall–Kier alpha value is -0.590. The van der Waals surface area contributed by atoms with Gasteiger partial charge in [-0.15, -0.1) is 0 Å². The van der Waals surface area contributed by atoms with E-state index in [9.17, 15) is 5.26 Å². The highest BCUT2D eigenvalue weighted by atomic mass is 15.1. The molecule has 0 aliphatic carbocycles. The molecule has 0 aromatic rings. The van der Waals surface area contributed by atoms with E-state index in [1.54, 1.807) is 0 Å². The van der Waals surface area contributed by atoms with Crippen LogP contribution < -0.4 is 5.32 Å². The third-order valence-electron chi connectivity index (χ3n) is 3.10. The molecular formula is C14H29N3. The molecule has 0 aliphatic rings. The number of unbranched alkanes of at least 4 members (excludes halogenated alkanes) is 4. The summed E-state index contributed by atoms with van der Waals surface area (Å²) in [5, 5.41) is 12.6. The predicted octanol–water partition coefficient (Wildman–Crippen LogP) is 2.78. The lowest BCUT2D eigenvalue weighted by atomic mass is 9.95. The van der Waals surface area contributed by atoms with E-state index in [1.807, 2.05) is 6.92 Å². The topological polar surface area (TPSA) is 39.1 Å². The van der Waals surface area contributed by atoms with Crippen molar-refractivity contribution in [1.29, 1.82) is 5.26 Å². The molecule has 0 saturated heterocycles. The molecule has 0 fully saturated rings. The lowest BCUT2D eigenvalue weighted by Crippen LogP contribution is -2.43. The minimum absolute atomic E-state index is 0.345. The standard InChI is InChI=1S/C14H29N3/c1-5-6-7-8-9-10-14(2,13-15)16-11-12-17(3)4/h16H,5-12H2,1-4H3. The molecule has 1 atom stereocenters. The van der Waals surface area contributed by atoms with E-state index >= 15 is 0 Å². The zero-order valence-electron chi connectivity index (χ0n) is 12.1. The van der Waals surface area contributed by atoms with Crippen LogP contribution in [-0.2, 0) is 0 Å². The first-order valence-electron chi connectivity index (χ1n) is 6.85. The van der Waals surface area contributed by atoms with Crippen LogP contribution in [0.5, 0.6) is 0 Å². The van der Waals surface area contributed by atoms with Gasteiger partial charge >= 0.3 is 0 Å². The van der Waals surface area contributed by atoms with Crippen LogP contribution in [-0.4, -0.2) is 37.6 Å². The van der Waals surface area contributed by atoms with Gasteiger partial charge in [0.1, 0.15) is 5.54 Å². The number of rotatable bonds is 10. The Morgan fingerprint density at radius 2 is 1.82 bits per heavy atom. The SMILES string of the molecule is CCCCCCCC(C)(C#N)NCCN(C)C. The summed E-state index contributed by atoms with van der Waals surface area (Å²) >= 11 is 0. The number of nitrogens with zero attached hydrogens (tertiary/aromatic N) is 2. The van der Waals surface area contributed by atoms with Gasteiger partial charge in [0, 0.05) is 13.1 Å². The van der Waals surface area contributed by atoms with E-state index < -0.39 is 0 Å². The predicted molar refractivity (Wildman–Crippen MR) is 74.0 cm³/mol. The van der Waals surface area contributed by atoms with E-state index in [4.69, 9.17) is 0 Å². The van der Waals surface area contributed by atoms with Crippen molar-refractivity contribution < 1.29 is 0 Å². The van der Waals surface area contributed by atoms with Crippen LogP contribution in [0.15, 0.2) is 0 Å². The van der Waals surface area contributed by atoms with Crippen molar-refractivity contribution in [3.63, 3.8) is 0 Å². The first kappa shape index (κ1) is 16.4. The molecule has 3 nitrogen and oxygen atoms in total. The summed E-state index contributed by atoms with van der Waals surface area (Å²) in [5.74, 6) is 0. The molecule has 3 heteroatoms. The Labute approximate surface area is 107 Å². The first-order valence-corrected chi connectivity index (χ1v) is 6.85. The quantitative estimate of drug-likeness (QED) is 0.596. The van der Waals surface area contributed by atoms with Crippen molar-refractivity contribution in [3.8, 4) is 6.07 Å². The molecule has 0 saturated carbocycles. The van der Waals surface area contributed by atoms with Crippen molar-refractivity contribution in [2.75, 3.05) is 27.2 Å². The highest BCUT2D eigenvalue weighted by molar-refractivity contribution is 5.03. The van der Waals surface area contributed by atoms with Crippen LogP contribution in [0.4, 0.5) is 0 Å². The van der Waals surface area contributed by atoms with Gasteiger partial charge in [0.05, 0.1) is 6.07 Å². The molecule has 0 heterocycles. The molecule has 0 aromatic carbocycles. The Morgan fingerprint density at radius 3 is 2.35 bits per heavy atom. The second-order valence-electron chi connectivity index (χ2n) is 5.34. The maximum Gasteiger partial charge on any atom is 0.103 e. The average molecular weight is 239 g/mol. The van der Waals surface area contributed by atoms with Crippen molar-refractivity contribution in [2.24, 2.45) is 0 Å². The van der Waals surface area contributed by atoms with Crippen molar-refractivity contribution in [1.82, 2.24) is 10.2 Å². The molecule has 0 bridgehead atoms. The van der Waals surface area contributed by atoms with Crippen molar-refractivity contribution in [2.45, 2.75) is 57.9 Å². The summed E-state index contributed by atoms with van der Waals surface area (Å²) < 4.78 is 0. The number of nitriles is 1. The molecule has 1 unspecified atom stereocenters. The van der Waals surface area contributed by atoms with Gasteiger partial charge in [-0.25, -0.2) is 0 Å². The number of likely N-dealkylation sites (N-methyl/N-ethyl adjacent to an activating group) is 1. The zero-order chi connectivity index (χ0) is 13.1. The molecule has 0 rings (SSSR count). The summed E-state index contributed by atoms with van der Waals surface area (Å²) in [5.41, 5.74) is -0.345. The smallest absolute Gasteiger partial charge is 0.103 e. The van der Waals surface area contributed by atoms with Crippen LogP contribution in [0.25, 0.3) is 0 Å². The molecule has 0 spiro atoms. The summed E-state index contributed by atoms with van der Waals surface area (Å²) in [7, 11) is 4.10. The molecule has 0 aromatic heterocycles. The Balaban J connectivity index is 3.74. The largest absolute Gasteiger partial charge is 0.308 e. The number of hydrogen-bond acceptors (Lipinski definition) is 3. The lowest BCUT2D eigenvalue weighted by molar-refractivity contribution is 0.346. The maximum atomic E-state index is 9.23. The molecule has 0 amide bonds. The molecule has 17 heavy (non-hydrogen) atoms. The second kappa shape index (κ2) is 9.44. The fraction of sp³-hybridized carbons (Fsp3) is 0.929. The van der Waals surface area contributed by atoms with E-state index in [0.717, 1.165) is 25.9 Å². The van der Waals surface area contributed by atoms with Gasteiger partial charge < -0.3 is 4.90 Å². The van der Waals surface area contributed by atoms with Crippen molar-refractivity contribution in [3.05, 3.63) is 0 Å². The van der Waals surface area contributed by atoms with Gasteiger partial charge in [-0.2, -0.15) is 5.26 Å². The highest BCUT2D eigenvalue weighted by Crippen LogP contribution is 2.14. The highest BCUT2D eigenvalue weighted by Gasteiger charge is 2.21. The molecular weight excluding hydrogens is 210 g/mol. The summed E-state index contributed by atoms with van der Waals surface area (Å²) in [6, 6.07) is 2.41. The van der Waals surface area contributed by atoms with Gasteiger partial charge in [0.15, 0.2) is 0 Å². The normalized spacial score (nSPS) is 14.6. The Bertz CT molecular complexity index is 220. The van der Waals surface area contributed by atoms with Crippen LogP contribution in [0, 0.1) is 11.3 Å². The van der Waals surface area contributed by atoms with Crippen molar-refractivity contribution >= 4 is 0 Å². The Morgan fingerprint density at radius 1 is 1.18 bits per heavy atom. The first-order chi connectivity index (χ1) is 8.04. The third-order valence-corrected chi connectivity index (χ3v) is 3.10. The molecule has 100 valence electrons. The fourth-order valence-corrected chi connectivity index (χ4v) is 1.82. The molecule has 0 aliphatic heterocycles. The van der Waals surface area contributed by atoms with Gasteiger partial charge in [-0.1, -0.05) is 39.0 Å². The lowest BCUT2D eigenvalue weighted by Gasteiger charge is -2.24. The van der Waals surface area contributed by atoms with Gasteiger partial charge in [-0.05, 0) is 27.4 Å². The summed E-state index contributed by atoms with van der Waals surface area (Å²) in [4.78, 5) is 2.13. The van der Waals surface area contributed by atoms with E-state index in [1.165, 1.54) is 25.7 Å².